The minimum Gasteiger partial charge on any atom is -0.456 e. The van der Waals surface area contributed by atoms with Gasteiger partial charge >= 0.3 is 0 Å². The van der Waals surface area contributed by atoms with Crippen LogP contribution in [-0.2, 0) is 0 Å². The minimum absolute atomic E-state index is 0.593. The number of aromatic nitrogens is 3. The van der Waals surface area contributed by atoms with Crippen LogP contribution in [0.15, 0.2) is 174 Å². The fraction of sp³-hybridized carbons (Fsp3) is 0.0217. The number of nitrogens with zero attached hydrogens (tertiary/aromatic N) is 3. The topological polar surface area (TPSA) is 51.8 Å². The largest absolute Gasteiger partial charge is 0.456 e. The van der Waals surface area contributed by atoms with Crippen LogP contribution >= 0.6 is 0 Å². The third-order valence-corrected chi connectivity index (χ3v) is 9.22. The van der Waals surface area contributed by atoms with Gasteiger partial charge in [-0.25, -0.2) is 15.0 Å². The molecule has 0 aliphatic carbocycles. The Morgan fingerprint density at radius 2 is 0.860 bits per heavy atom. The molecular formula is C46H31N3O. The summed E-state index contributed by atoms with van der Waals surface area (Å²) in [7, 11) is 0. The summed E-state index contributed by atoms with van der Waals surface area (Å²) < 4.78 is 6.49. The van der Waals surface area contributed by atoms with Crippen LogP contribution in [-0.4, -0.2) is 15.0 Å². The van der Waals surface area contributed by atoms with E-state index in [1.807, 2.05) is 48.5 Å². The minimum atomic E-state index is 0.593. The van der Waals surface area contributed by atoms with Gasteiger partial charge in [0.2, 0.25) is 0 Å². The van der Waals surface area contributed by atoms with Crippen molar-refractivity contribution < 1.29 is 4.42 Å². The molecule has 0 saturated carbocycles. The Morgan fingerprint density at radius 3 is 1.54 bits per heavy atom. The van der Waals surface area contributed by atoms with E-state index in [9.17, 15) is 0 Å². The number of hydrogen-bond acceptors (Lipinski definition) is 4. The number of fused-ring (bicyclic) bond motifs is 3. The lowest BCUT2D eigenvalue weighted by atomic mass is 9.96. The molecule has 7 aromatic carbocycles. The summed E-state index contributed by atoms with van der Waals surface area (Å²) in [5.74, 6) is 1.84. The van der Waals surface area contributed by atoms with Crippen LogP contribution < -0.4 is 0 Å². The van der Waals surface area contributed by atoms with Gasteiger partial charge < -0.3 is 4.42 Å². The van der Waals surface area contributed by atoms with Gasteiger partial charge in [-0.1, -0.05) is 157 Å². The van der Waals surface area contributed by atoms with Gasteiger partial charge in [0, 0.05) is 27.5 Å². The predicted molar refractivity (Wildman–Crippen MR) is 204 cm³/mol. The van der Waals surface area contributed by atoms with Crippen molar-refractivity contribution in [2.75, 3.05) is 0 Å². The van der Waals surface area contributed by atoms with Crippen molar-refractivity contribution in [1.29, 1.82) is 0 Å². The average molecular weight is 642 g/mol. The fourth-order valence-electron chi connectivity index (χ4n) is 6.67. The highest BCUT2D eigenvalue weighted by molar-refractivity contribution is 6.13. The summed E-state index contributed by atoms with van der Waals surface area (Å²) in [6.45, 7) is 2.11. The molecule has 236 valence electrons. The summed E-state index contributed by atoms with van der Waals surface area (Å²) >= 11 is 0. The van der Waals surface area contributed by atoms with Gasteiger partial charge in [-0.15, -0.1) is 0 Å². The summed E-state index contributed by atoms with van der Waals surface area (Å²) in [5, 5.41) is 2.15. The zero-order valence-electron chi connectivity index (χ0n) is 27.4. The van der Waals surface area contributed by atoms with Crippen molar-refractivity contribution in [3.8, 4) is 67.5 Å². The first kappa shape index (κ1) is 29.5. The molecule has 0 aliphatic heterocycles. The van der Waals surface area contributed by atoms with Crippen LogP contribution in [0.5, 0.6) is 0 Å². The molecule has 4 heteroatoms. The van der Waals surface area contributed by atoms with Crippen LogP contribution in [0.1, 0.15) is 5.56 Å². The third kappa shape index (κ3) is 5.53. The van der Waals surface area contributed by atoms with Crippen molar-refractivity contribution in [1.82, 2.24) is 15.0 Å². The van der Waals surface area contributed by atoms with Gasteiger partial charge in [0.25, 0.3) is 0 Å². The highest BCUT2D eigenvalue weighted by atomic mass is 16.3. The van der Waals surface area contributed by atoms with Crippen molar-refractivity contribution in [2.45, 2.75) is 6.92 Å². The molecule has 0 aliphatic rings. The first-order valence-electron chi connectivity index (χ1n) is 16.8. The zero-order chi connectivity index (χ0) is 33.4. The Hall–Kier alpha value is -6.65. The monoisotopic (exact) mass is 641 g/mol. The van der Waals surface area contributed by atoms with Crippen LogP contribution in [0.4, 0.5) is 0 Å². The van der Waals surface area contributed by atoms with E-state index in [1.54, 1.807) is 0 Å². The molecule has 0 fully saturated rings. The Bertz CT molecular complexity index is 2630. The van der Waals surface area contributed by atoms with E-state index in [-0.39, 0.29) is 0 Å². The van der Waals surface area contributed by atoms with Gasteiger partial charge in [0.15, 0.2) is 17.5 Å². The van der Waals surface area contributed by atoms with Crippen LogP contribution in [0.3, 0.4) is 0 Å². The molecule has 0 amide bonds. The Balaban J connectivity index is 1.12. The molecule has 0 unspecified atom stereocenters. The molecule has 2 heterocycles. The SMILES string of the molecule is Cc1cccc(-c2ccc(-c3nc(-c4ccccc4)nc(-c4ccc5c(c4)oc4cccc(-c6ccc(-c7ccccc7)cc6)c45)n3)cc2)c1. The summed E-state index contributed by atoms with van der Waals surface area (Å²) in [6, 6.07) is 58.7. The molecule has 0 bridgehead atoms. The van der Waals surface area contributed by atoms with Gasteiger partial charge in [-0.2, -0.15) is 0 Å². The fourth-order valence-corrected chi connectivity index (χ4v) is 6.67. The molecule has 0 atom stereocenters. The molecule has 0 saturated heterocycles. The summed E-state index contributed by atoms with van der Waals surface area (Å²) in [4.78, 5) is 14.9. The number of rotatable bonds is 6. The van der Waals surface area contributed by atoms with Gasteiger partial charge in [0.05, 0.1) is 0 Å². The van der Waals surface area contributed by atoms with E-state index in [0.717, 1.165) is 55.3 Å². The van der Waals surface area contributed by atoms with E-state index < -0.39 is 0 Å². The second-order valence-corrected chi connectivity index (χ2v) is 12.6. The van der Waals surface area contributed by atoms with Crippen LogP contribution in [0.2, 0.25) is 0 Å². The lowest BCUT2D eigenvalue weighted by molar-refractivity contribution is 0.669. The highest BCUT2D eigenvalue weighted by Crippen LogP contribution is 2.39. The van der Waals surface area contributed by atoms with Gasteiger partial charge in [-0.05, 0) is 58.5 Å². The molecule has 0 radical (unpaired) electrons. The van der Waals surface area contributed by atoms with Crippen molar-refractivity contribution in [3.05, 3.63) is 175 Å². The van der Waals surface area contributed by atoms with E-state index in [1.165, 1.54) is 22.3 Å². The second kappa shape index (κ2) is 12.4. The maximum atomic E-state index is 6.49. The first-order valence-corrected chi connectivity index (χ1v) is 16.8. The van der Waals surface area contributed by atoms with Crippen LogP contribution in [0.25, 0.3) is 89.5 Å². The molecule has 50 heavy (non-hydrogen) atoms. The molecule has 2 aromatic heterocycles. The third-order valence-electron chi connectivity index (χ3n) is 9.22. The molecule has 0 N–H and O–H groups in total. The van der Waals surface area contributed by atoms with Crippen molar-refractivity contribution in [2.24, 2.45) is 0 Å². The normalized spacial score (nSPS) is 11.3. The second-order valence-electron chi connectivity index (χ2n) is 12.6. The highest BCUT2D eigenvalue weighted by Gasteiger charge is 2.17. The lowest BCUT2D eigenvalue weighted by Crippen LogP contribution is -2.00. The maximum absolute atomic E-state index is 6.49. The van der Waals surface area contributed by atoms with E-state index in [0.29, 0.717) is 17.5 Å². The molecule has 9 aromatic rings. The smallest absolute Gasteiger partial charge is 0.164 e. The lowest BCUT2D eigenvalue weighted by Gasteiger charge is -2.09. The van der Waals surface area contributed by atoms with Gasteiger partial charge in [-0.3, -0.25) is 0 Å². The van der Waals surface area contributed by atoms with Crippen molar-refractivity contribution >= 4 is 21.9 Å². The predicted octanol–water partition coefficient (Wildman–Crippen LogP) is 12.1. The molecular weight excluding hydrogens is 611 g/mol. The molecule has 0 spiro atoms. The molecule has 9 rings (SSSR count). The quantitative estimate of drug-likeness (QED) is 0.181. The van der Waals surface area contributed by atoms with E-state index >= 15 is 0 Å². The van der Waals surface area contributed by atoms with Gasteiger partial charge in [0.1, 0.15) is 11.2 Å². The Kier molecular flexibility index (Phi) is 7.33. The number of aryl methyl sites for hydroxylation is 1. The zero-order valence-corrected chi connectivity index (χ0v) is 27.4. The average Bonchev–Trinajstić information content (AvgIpc) is 3.57. The first-order chi connectivity index (χ1) is 24.7. The Morgan fingerprint density at radius 1 is 0.360 bits per heavy atom. The van der Waals surface area contributed by atoms with Crippen LogP contribution in [0, 0.1) is 6.92 Å². The molecule has 4 nitrogen and oxygen atoms in total. The van der Waals surface area contributed by atoms with E-state index in [2.05, 4.69) is 128 Å². The Labute approximate surface area is 290 Å². The maximum Gasteiger partial charge on any atom is 0.164 e. The summed E-state index contributed by atoms with van der Waals surface area (Å²) in [6.07, 6.45) is 0. The van der Waals surface area contributed by atoms with E-state index in [4.69, 9.17) is 19.4 Å². The summed E-state index contributed by atoms with van der Waals surface area (Å²) in [5.41, 5.74) is 12.6. The number of furan rings is 1. The number of benzene rings is 7. The number of hydrogen-bond donors (Lipinski definition) is 0. The van der Waals surface area contributed by atoms with Crippen molar-refractivity contribution in [3.63, 3.8) is 0 Å². The standard InChI is InChI=1S/C46H31N3O/c1-30-10-8-15-37(28-30)33-20-24-36(25-21-33)45-47-44(35-13-6-3-7-14-35)48-46(49-45)38-26-27-40-42(29-38)50-41-17-9-16-39(43(40)41)34-22-18-32(19-23-34)31-11-4-2-5-12-31/h2-29H,1H3.